The van der Waals surface area contributed by atoms with Gasteiger partial charge in [-0.2, -0.15) is 9.94 Å². The third kappa shape index (κ3) is 2.42. The Hall–Kier alpha value is -2.75. The molecule has 0 aliphatic rings. The maximum atomic E-state index is 12.8. The van der Waals surface area contributed by atoms with Crippen molar-refractivity contribution < 1.29 is 9.31 Å². The van der Waals surface area contributed by atoms with Crippen molar-refractivity contribution in [3.63, 3.8) is 0 Å². The Kier molecular flexibility index (Phi) is 3.25. The van der Waals surface area contributed by atoms with Gasteiger partial charge in [0.15, 0.2) is 5.56 Å². The summed E-state index contributed by atoms with van der Waals surface area (Å²) in [5.74, 6) is -0.813. The summed E-state index contributed by atoms with van der Waals surface area (Å²) in [7, 11) is 0. The average Bonchev–Trinajstić information content (AvgIpc) is 2.69. The van der Waals surface area contributed by atoms with E-state index in [-0.39, 0.29) is 17.9 Å². The Bertz CT molecular complexity index is 670. The van der Waals surface area contributed by atoms with Crippen LogP contribution in [0.4, 0.5) is 10.2 Å². The molecular formula is C12H9FN4O2. The summed E-state index contributed by atoms with van der Waals surface area (Å²) in [6, 6.07) is 7.50. The van der Waals surface area contributed by atoms with Gasteiger partial charge in [0.2, 0.25) is 0 Å². The van der Waals surface area contributed by atoms with E-state index in [0.29, 0.717) is 5.69 Å². The highest BCUT2D eigenvalue weighted by molar-refractivity contribution is 5.46. The van der Waals surface area contributed by atoms with Crippen LogP contribution in [0.15, 0.2) is 24.3 Å². The number of hydrogen-bond acceptors (Lipinski definition) is 4. The summed E-state index contributed by atoms with van der Waals surface area (Å²) in [5, 5.41) is 23.5. The molecule has 96 valence electrons. The van der Waals surface area contributed by atoms with Crippen molar-refractivity contribution in [2.75, 3.05) is 0 Å². The van der Waals surface area contributed by atoms with Crippen LogP contribution in [0.25, 0.3) is 0 Å². The largest absolute Gasteiger partial charge is 0.408 e. The van der Waals surface area contributed by atoms with Crippen LogP contribution in [-0.4, -0.2) is 14.7 Å². The van der Waals surface area contributed by atoms with E-state index in [2.05, 4.69) is 5.10 Å². The zero-order valence-electron chi connectivity index (χ0n) is 10.00. The zero-order valence-corrected chi connectivity index (χ0v) is 10.00. The minimum atomic E-state index is -0.688. The lowest BCUT2D eigenvalue weighted by Gasteiger charge is -2.00. The molecule has 0 spiro atoms. The van der Waals surface area contributed by atoms with Crippen molar-refractivity contribution in [1.29, 1.82) is 5.26 Å². The van der Waals surface area contributed by atoms with E-state index < -0.39 is 10.7 Å². The second-order valence-electron chi connectivity index (χ2n) is 3.94. The van der Waals surface area contributed by atoms with Crippen molar-refractivity contribution in [1.82, 2.24) is 9.78 Å². The Morgan fingerprint density at radius 3 is 2.58 bits per heavy atom. The summed E-state index contributed by atoms with van der Waals surface area (Å²) >= 11 is 0. The monoisotopic (exact) mass is 260 g/mol. The van der Waals surface area contributed by atoms with Gasteiger partial charge in [0.1, 0.15) is 11.9 Å². The fraction of sp³-hybridized carbons (Fsp3) is 0.167. The van der Waals surface area contributed by atoms with E-state index >= 15 is 0 Å². The number of nitrogens with zero attached hydrogens (tertiary/aromatic N) is 4. The molecule has 0 aliphatic heterocycles. The highest BCUT2D eigenvalue weighted by Crippen LogP contribution is 2.20. The van der Waals surface area contributed by atoms with Crippen LogP contribution in [0.3, 0.4) is 0 Å². The van der Waals surface area contributed by atoms with Crippen molar-refractivity contribution >= 4 is 5.82 Å². The number of benzene rings is 1. The van der Waals surface area contributed by atoms with Gasteiger partial charge in [0.25, 0.3) is 0 Å². The van der Waals surface area contributed by atoms with Gasteiger partial charge in [-0.25, -0.2) is 4.39 Å². The van der Waals surface area contributed by atoms with Crippen molar-refractivity contribution in [2.24, 2.45) is 0 Å². The zero-order chi connectivity index (χ0) is 14.0. The lowest BCUT2D eigenvalue weighted by molar-refractivity contribution is -0.390. The van der Waals surface area contributed by atoms with Gasteiger partial charge >= 0.3 is 5.82 Å². The highest BCUT2D eigenvalue weighted by atomic mass is 19.1. The first kappa shape index (κ1) is 12.7. The lowest BCUT2D eigenvalue weighted by Crippen LogP contribution is -2.04. The first-order chi connectivity index (χ1) is 9.02. The van der Waals surface area contributed by atoms with Gasteiger partial charge in [-0.3, -0.25) is 0 Å². The van der Waals surface area contributed by atoms with Crippen LogP contribution in [0.2, 0.25) is 0 Å². The first-order valence-corrected chi connectivity index (χ1v) is 5.39. The highest BCUT2D eigenvalue weighted by Gasteiger charge is 2.25. The van der Waals surface area contributed by atoms with Crippen molar-refractivity contribution in [3.05, 3.63) is 57.0 Å². The topological polar surface area (TPSA) is 84.8 Å². The van der Waals surface area contributed by atoms with Crippen LogP contribution < -0.4 is 0 Å². The summed E-state index contributed by atoms with van der Waals surface area (Å²) < 4.78 is 14.1. The third-order valence-corrected chi connectivity index (χ3v) is 2.72. The molecule has 0 atom stereocenters. The molecule has 2 aromatic rings. The number of hydrogen-bond donors (Lipinski definition) is 0. The molecule has 19 heavy (non-hydrogen) atoms. The van der Waals surface area contributed by atoms with Crippen LogP contribution in [-0.2, 0) is 6.54 Å². The first-order valence-electron chi connectivity index (χ1n) is 5.39. The third-order valence-electron chi connectivity index (χ3n) is 2.72. The second kappa shape index (κ2) is 4.86. The van der Waals surface area contributed by atoms with Gasteiger partial charge < -0.3 is 10.1 Å². The fourth-order valence-corrected chi connectivity index (χ4v) is 1.71. The number of nitriles is 1. The van der Waals surface area contributed by atoms with Crippen LogP contribution in [0.1, 0.15) is 16.8 Å². The van der Waals surface area contributed by atoms with Crippen molar-refractivity contribution in [2.45, 2.75) is 13.5 Å². The van der Waals surface area contributed by atoms with E-state index in [0.717, 1.165) is 5.56 Å². The van der Waals surface area contributed by atoms with E-state index in [9.17, 15) is 14.5 Å². The van der Waals surface area contributed by atoms with E-state index in [1.165, 1.54) is 16.8 Å². The quantitative estimate of drug-likeness (QED) is 0.625. The lowest BCUT2D eigenvalue weighted by atomic mass is 10.2. The number of nitro groups is 1. The van der Waals surface area contributed by atoms with Gasteiger partial charge in [0, 0.05) is 0 Å². The SMILES string of the molecule is Cc1c(C#N)c([N+](=O)[O-])nn1Cc1ccc(F)cc1. The molecule has 0 unspecified atom stereocenters. The Labute approximate surface area is 107 Å². The molecule has 0 saturated heterocycles. The van der Waals surface area contributed by atoms with E-state index in [4.69, 9.17) is 5.26 Å². The number of rotatable bonds is 3. The predicted molar refractivity (Wildman–Crippen MR) is 63.8 cm³/mol. The van der Waals surface area contributed by atoms with Crippen LogP contribution >= 0.6 is 0 Å². The predicted octanol–water partition coefficient (Wildman–Crippen LogP) is 2.16. The molecule has 0 fully saturated rings. The molecule has 0 aliphatic carbocycles. The number of aromatic nitrogens is 2. The van der Waals surface area contributed by atoms with Crippen LogP contribution in [0.5, 0.6) is 0 Å². The van der Waals surface area contributed by atoms with Crippen LogP contribution in [0, 0.1) is 34.2 Å². The molecule has 0 saturated carbocycles. The molecule has 1 aromatic carbocycles. The fourth-order valence-electron chi connectivity index (χ4n) is 1.71. The van der Waals surface area contributed by atoms with Gasteiger partial charge in [-0.15, -0.1) is 0 Å². The Morgan fingerprint density at radius 1 is 1.47 bits per heavy atom. The molecule has 0 amide bonds. The standard InChI is InChI=1S/C12H9FN4O2/c1-8-11(6-14)12(17(18)19)15-16(8)7-9-2-4-10(13)5-3-9/h2-5H,7H2,1H3. The van der Waals surface area contributed by atoms with Crippen molar-refractivity contribution in [3.8, 4) is 6.07 Å². The number of halogens is 1. The summed E-state index contributed by atoms with van der Waals surface area (Å²) in [4.78, 5) is 10.1. The summed E-state index contributed by atoms with van der Waals surface area (Å²) in [6.07, 6.45) is 0. The van der Waals surface area contributed by atoms with E-state index in [1.54, 1.807) is 25.1 Å². The molecule has 0 N–H and O–H groups in total. The Morgan fingerprint density at radius 2 is 2.11 bits per heavy atom. The maximum Gasteiger partial charge on any atom is 0.408 e. The minimum absolute atomic E-state index is 0.0490. The van der Waals surface area contributed by atoms with Gasteiger partial charge in [-0.1, -0.05) is 12.1 Å². The summed E-state index contributed by atoms with van der Waals surface area (Å²) in [5.41, 5.74) is 1.11. The van der Waals surface area contributed by atoms with E-state index in [1.807, 2.05) is 0 Å². The molecule has 1 aromatic heterocycles. The smallest absolute Gasteiger partial charge is 0.358 e. The maximum absolute atomic E-state index is 12.8. The molecule has 2 rings (SSSR count). The normalized spacial score (nSPS) is 10.2. The molecule has 0 radical (unpaired) electrons. The molecular weight excluding hydrogens is 251 g/mol. The average molecular weight is 260 g/mol. The molecule has 1 heterocycles. The minimum Gasteiger partial charge on any atom is -0.358 e. The molecule has 6 nitrogen and oxygen atoms in total. The molecule has 7 heteroatoms. The Balaban J connectivity index is 2.39. The van der Waals surface area contributed by atoms with Gasteiger partial charge in [0.05, 0.1) is 17.3 Å². The molecule has 0 bridgehead atoms. The van der Waals surface area contributed by atoms with Gasteiger partial charge in [-0.05, 0) is 29.5 Å². The summed E-state index contributed by atoms with van der Waals surface area (Å²) in [6.45, 7) is 1.83. The second-order valence-corrected chi connectivity index (χ2v) is 3.94.